The second-order valence-corrected chi connectivity index (χ2v) is 3.01. The van der Waals surface area contributed by atoms with E-state index in [0.717, 1.165) is 0 Å². The van der Waals surface area contributed by atoms with E-state index in [9.17, 15) is 14.4 Å². The number of carbonyl (C=O) groups is 3. The van der Waals surface area contributed by atoms with Gasteiger partial charge in [0.2, 0.25) is 0 Å². The number of carbonyl (C=O) groups excluding carboxylic acids is 2. The monoisotopic (exact) mass is 218 g/mol. The molecule has 1 N–H and O–H groups in total. The fourth-order valence-corrected chi connectivity index (χ4v) is 0.759. The van der Waals surface area contributed by atoms with Crippen molar-refractivity contribution in [1.82, 2.24) is 0 Å². The molecule has 15 heavy (non-hydrogen) atoms. The molecular weight excluding hydrogens is 204 g/mol. The maximum atomic E-state index is 11.2. The van der Waals surface area contributed by atoms with Gasteiger partial charge in [-0.15, -0.1) is 0 Å². The third kappa shape index (κ3) is 5.11. The number of ether oxygens (including phenoxy) is 2. The van der Waals surface area contributed by atoms with E-state index in [1.54, 1.807) is 0 Å². The van der Waals surface area contributed by atoms with Crippen molar-refractivity contribution in [3.63, 3.8) is 0 Å². The predicted molar refractivity (Wildman–Crippen MR) is 49.3 cm³/mol. The molecule has 0 aromatic heterocycles. The Kier molecular flexibility index (Phi) is 5.54. The van der Waals surface area contributed by atoms with Crippen molar-refractivity contribution in [3.05, 3.63) is 0 Å². The molecule has 6 nitrogen and oxygen atoms in total. The molecule has 0 radical (unpaired) electrons. The van der Waals surface area contributed by atoms with Gasteiger partial charge in [0.1, 0.15) is 0 Å². The van der Waals surface area contributed by atoms with Crippen molar-refractivity contribution in [2.75, 3.05) is 7.11 Å². The minimum Gasteiger partial charge on any atom is -0.481 e. The zero-order chi connectivity index (χ0) is 12.0. The highest BCUT2D eigenvalue weighted by molar-refractivity contribution is 5.87. The molecule has 0 amide bonds. The van der Waals surface area contributed by atoms with E-state index in [2.05, 4.69) is 9.47 Å². The van der Waals surface area contributed by atoms with Gasteiger partial charge < -0.3 is 14.6 Å². The van der Waals surface area contributed by atoms with Crippen molar-refractivity contribution in [1.29, 1.82) is 0 Å². The average Bonchev–Trinajstić information content (AvgIpc) is 2.14. The summed E-state index contributed by atoms with van der Waals surface area (Å²) in [6.45, 7) is 2.61. The molecule has 6 heteroatoms. The summed E-state index contributed by atoms with van der Waals surface area (Å²) in [6.07, 6.45) is -2.59. The first-order chi connectivity index (χ1) is 6.88. The van der Waals surface area contributed by atoms with Crippen molar-refractivity contribution in [2.45, 2.75) is 32.5 Å². The van der Waals surface area contributed by atoms with Gasteiger partial charge in [-0.05, 0) is 13.8 Å². The first-order valence-corrected chi connectivity index (χ1v) is 4.34. The molecule has 0 aliphatic heterocycles. The number of hydrogen-bond donors (Lipinski definition) is 1. The molecule has 0 saturated heterocycles. The third-order valence-electron chi connectivity index (χ3n) is 1.76. The third-order valence-corrected chi connectivity index (χ3v) is 1.76. The van der Waals surface area contributed by atoms with Crippen LogP contribution in [0.15, 0.2) is 0 Å². The van der Waals surface area contributed by atoms with Gasteiger partial charge in [0.25, 0.3) is 0 Å². The van der Waals surface area contributed by atoms with Gasteiger partial charge in [0, 0.05) is 7.11 Å². The van der Waals surface area contributed by atoms with Crippen LogP contribution >= 0.6 is 0 Å². The summed E-state index contributed by atoms with van der Waals surface area (Å²) in [5.41, 5.74) is 0. The predicted octanol–water partition coefficient (Wildman–Crippen LogP) is -0.00320. The average molecular weight is 218 g/mol. The fraction of sp³-hybridized carbons (Fsp3) is 0.667. The Hall–Kier alpha value is -1.43. The number of carboxylic acids is 1. The van der Waals surface area contributed by atoms with Crippen molar-refractivity contribution in [2.24, 2.45) is 0 Å². The van der Waals surface area contributed by atoms with Gasteiger partial charge in [-0.1, -0.05) is 0 Å². The molecular formula is C9H14O6. The fourth-order valence-electron chi connectivity index (χ4n) is 0.759. The molecule has 0 aromatic carbocycles. The summed E-state index contributed by atoms with van der Waals surface area (Å²) in [5, 5.41) is 8.47. The van der Waals surface area contributed by atoms with Gasteiger partial charge in [-0.25, -0.2) is 4.79 Å². The molecule has 0 heterocycles. The number of Topliss-reactive ketones (excluding diaryl/α,β-unsaturated/α-hetero) is 1. The SMILES string of the molecule is COC(C)C(=O)OC(CC(=O)O)C(C)=O. The van der Waals surface area contributed by atoms with Gasteiger partial charge in [0.05, 0.1) is 6.42 Å². The van der Waals surface area contributed by atoms with E-state index in [-0.39, 0.29) is 0 Å². The highest BCUT2D eigenvalue weighted by Gasteiger charge is 2.25. The number of aliphatic carboxylic acids is 1. The minimum atomic E-state index is -1.24. The molecule has 0 aliphatic carbocycles. The Morgan fingerprint density at radius 2 is 1.87 bits per heavy atom. The lowest BCUT2D eigenvalue weighted by Crippen LogP contribution is -2.32. The number of ketones is 1. The number of rotatable bonds is 6. The first-order valence-electron chi connectivity index (χ1n) is 4.34. The van der Waals surface area contributed by atoms with Gasteiger partial charge in [-0.3, -0.25) is 9.59 Å². The number of methoxy groups -OCH3 is 1. The number of hydrogen-bond acceptors (Lipinski definition) is 5. The highest BCUT2D eigenvalue weighted by atomic mass is 16.6. The van der Waals surface area contributed by atoms with Gasteiger partial charge in [-0.2, -0.15) is 0 Å². The van der Waals surface area contributed by atoms with E-state index in [4.69, 9.17) is 5.11 Å². The highest BCUT2D eigenvalue weighted by Crippen LogP contribution is 2.04. The molecule has 0 rings (SSSR count). The van der Waals surface area contributed by atoms with E-state index in [0.29, 0.717) is 0 Å². The zero-order valence-electron chi connectivity index (χ0n) is 8.85. The van der Waals surface area contributed by atoms with Crippen LogP contribution in [0.4, 0.5) is 0 Å². The van der Waals surface area contributed by atoms with Gasteiger partial charge >= 0.3 is 11.9 Å². The molecule has 86 valence electrons. The van der Waals surface area contributed by atoms with Crippen LogP contribution in [0.2, 0.25) is 0 Å². The Morgan fingerprint density at radius 3 is 2.20 bits per heavy atom. The molecule has 0 saturated carbocycles. The normalized spacial score (nSPS) is 14.1. The lowest BCUT2D eigenvalue weighted by molar-refractivity contribution is -0.165. The van der Waals surface area contributed by atoms with Crippen LogP contribution in [0, 0.1) is 0 Å². The van der Waals surface area contributed by atoms with E-state index in [1.807, 2.05) is 0 Å². The quantitative estimate of drug-likeness (QED) is 0.631. The maximum Gasteiger partial charge on any atom is 0.335 e. The van der Waals surface area contributed by atoms with E-state index >= 15 is 0 Å². The van der Waals surface area contributed by atoms with Crippen molar-refractivity contribution in [3.8, 4) is 0 Å². The lowest BCUT2D eigenvalue weighted by Gasteiger charge is -2.15. The summed E-state index contributed by atoms with van der Waals surface area (Å²) < 4.78 is 9.35. The van der Waals surface area contributed by atoms with Crippen LogP contribution in [0.1, 0.15) is 20.3 Å². The summed E-state index contributed by atoms with van der Waals surface area (Å²) in [7, 11) is 1.31. The second-order valence-electron chi connectivity index (χ2n) is 3.01. The van der Waals surface area contributed by atoms with Crippen LogP contribution in [-0.4, -0.2) is 42.1 Å². The Balaban J connectivity index is 4.35. The van der Waals surface area contributed by atoms with Crippen molar-refractivity contribution >= 4 is 17.7 Å². The standard InChI is InChI=1S/C9H14O6/c1-5(10)7(4-8(11)12)15-9(13)6(2)14-3/h6-7H,4H2,1-3H3,(H,11,12). The molecule has 0 spiro atoms. The first kappa shape index (κ1) is 13.6. The number of esters is 1. The Labute approximate surface area is 87.2 Å². The summed E-state index contributed by atoms with van der Waals surface area (Å²) in [4.78, 5) is 32.5. The smallest absolute Gasteiger partial charge is 0.335 e. The number of carboxylic acid groups (broad SMARTS) is 1. The zero-order valence-corrected chi connectivity index (χ0v) is 8.85. The summed E-state index contributed by atoms with van der Waals surface area (Å²) in [6, 6.07) is 0. The van der Waals surface area contributed by atoms with Crippen LogP contribution < -0.4 is 0 Å². The Morgan fingerprint density at radius 1 is 1.33 bits per heavy atom. The summed E-state index contributed by atoms with van der Waals surface area (Å²) in [5.74, 6) is -2.46. The molecule has 2 unspecified atom stereocenters. The molecule has 0 aromatic rings. The summed E-state index contributed by atoms with van der Waals surface area (Å²) >= 11 is 0. The van der Waals surface area contributed by atoms with Crippen LogP contribution in [0.25, 0.3) is 0 Å². The molecule has 0 bridgehead atoms. The Bertz CT molecular complexity index is 259. The van der Waals surface area contributed by atoms with Crippen LogP contribution in [-0.2, 0) is 23.9 Å². The van der Waals surface area contributed by atoms with Crippen LogP contribution in [0.5, 0.6) is 0 Å². The minimum absolute atomic E-state index is 0.506. The molecule has 0 fully saturated rings. The van der Waals surface area contributed by atoms with E-state index < -0.39 is 36.4 Å². The topological polar surface area (TPSA) is 89.9 Å². The molecule has 0 aliphatic rings. The van der Waals surface area contributed by atoms with Crippen LogP contribution in [0.3, 0.4) is 0 Å². The van der Waals surface area contributed by atoms with Gasteiger partial charge in [0.15, 0.2) is 18.0 Å². The second kappa shape index (κ2) is 6.13. The van der Waals surface area contributed by atoms with E-state index in [1.165, 1.54) is 21.0 Å². The largest absolute Gasteiger partial charge is 0.481 e. The lowest BCUT2D eigenvalue weighted by atomic mass is 10.2. The molecule has 2 atom stereocenters. The maximum absolute atomic E-state index is 11.2. The van der Waals surface area contributed by atoms with Crippen molar-refractivity contribution < 1.29 is 29.0 Å².